The van der Waals surface area contributed by atoms with Crippen molar-refractivity contribution in [1.29, 1.82) is 0 Å². The predicted octanol–water partition coefficient (Wildman–Crippen LogP) is 3.73. The largest absolute Gasteiger partial charge is 0.465 e. The van der Waals surface area contributed by atoms with Crippen molar-refractivity contribution >= 4 is 5.97 Å². The van der Waals surface area contributed by atoms with Crippen LogP contribution in [0.25, 0.3) is 0 Å². The fraction of sp³-hybridized carbons (Fsp3) is 0.833. The molecule has 1 saturated heterocycles. The van der Waals surface area contributed by atoms with E-state index in [0.29, 0.717) is 18.4 Å². The monoisotopic (exact) mass is 292 g/mol. The molecule has 0 aromatic heterocycles. The highest BCUT2D eigenvalue weighted by Gasteiger charge is 2.62. The molecule has 2 aliphatic carbocycles. The van der Waals surface area contributed by atoms with Gasteiger partial charge in [-0.1, -0.05) is 19.1 Å². The van der Waals surface area contributed by atoms with Crippen LogP contribution in [0.5, 0.6) is 0 Å². The Morgan fingerprint density at radius 2 is 2.05 bits per heavy atom. The lowest BCUT2D eigenvalue weighted by atomic mass is 9.47. The van der Waals surface area contributed by atoms with Gasteiger partial charge in [-0.05, 0) is 63.7 Å². The van der Waals surface area contributed by atoms with E-state index < -0.39 is 5.41 Å². The third kappa shape index (κ3) is 2.00. The molecule has 0 amide bonds. The van der Waals surface area contributed by atoms with E-state index in [2.05, 4.69) is 32.9 Å². The minimum atomic E-state index is -0.479. The number of rotatable bonds is 2. The van der Waals surface area contributed by atoms with Crippen LogP contribution in [0, 0.1) is 22.7 Å². The van der Waals surface area contributed by atoms with Crippen molar-refractivity contribution in [1.82, 2.24) is 0 Å². The number of carbonyl (C=O) groups excluding carboxylic acids is 1. The topological polar surface area (TPSA) is 35.5 Å². The van der Waals surface area contributed by atoms with E-state index in [1.807, 2.05) is 6.92 Å². The lowest BCUT2D eigenvalue weighted by Crippen LogP contribution is -2.57. The highest BCUT2D eigenvalue weighted by molar-refractivity contribution is 5.79. The summed E-state index contributed by atoms with van der Waals surface area (Å²) in [6.07, 6.45) is 8.59. The van der Waals surface area contributed by atoms with Crippen LogP contribution in [0.1, 0.15) is 53.4 Å². The van der Waals surface area contributed by atoms with E-state index in [1.165, 1.54) is 0 Å². The van der Waals surface area contributed by atoms with E-state index in [-0.39, 0.29) is 17.0 Å². The average Bonchev–Trinajstić information content (AvgIpc) is 2.82. The normalized spacial score (nSPS) is 48.6. The van der Waals surface area contributed by atoms with E-state index in [9.17, 15) is 4.79 Å². The fourth-order valence-electron chi connectivity index (χ4n) is 5.53. The molecule has 0 radical (unpaired) electrons. The van der Waals surface area contributed by atoms with E-state index in [1.54, 1.807) is 0 Å². The molecule has 5 atom stereocenters. The Hall–Kier alpha value is -0.830. The van der Waals surface area contributed by atoms with Crippen molar-refractivity contribution in [3.8, 4) is 0 Å². The molecule has 0 aromatic carbocycles. The van der Waals surface area contributed by atoms with Gasteiger partial charge in [0, 0.05) is 6.61 Å². The van der Waals surface area contributed by atoms with Gasteiger partial charge in [-0.25, -0.2) is 0 Å². The van der Waals surface area contributed by atoms with Crippen LogP contribution in [-0.2, 0) is 14.3 Å². The first-order valence-corrected chi connectivity index (χ1v) is 8.36. The Bertz CT molecular complexity index is 471. The summed E-state index contributed by atoms with van der Waals surface area (Å²) in [5.41, 5.74) is -0.335. The summed E-state index contributed by atoms with van der Waals surface area (Å²) in [6.45, 7) is 9.92. The van der Waals surface area contributed by atoms with Gasteiger partial charge in [0.25, 0.3) is 0 Å². The van der Waals surface area contributed by atoms with E-state index >= 15 is 0 Å². The second kappa shape index (κ2) is 4.84. The Labute approximate surface area is 128 Å². The summed E-state index contributed by atoms with van der Waals surface area (Å²) >= 11 is 0. The third-order valence-corrected chi connectivity index (χ3v) is 6.56. The first kappa shape index (κ1) is 15.1. The molecule has 3 nitrogen and oxygen atoms in total. The molecular weight excluding hydrogens is 264 g/mol. The van der Waals surface area contributed by atoms with E-state index in [0.717, 1.165) is 32.3 Å². The van der Waals surface area contributed by atoms with Gasteiger partial charge in [0.05, 0.1) is 17.6 Å². The molecule has 3 aliphatic rings. The number of fused-ring (bicyclic) bond motifs is 3. The molecule has 2 fully saturated rings. The molecule has 3 rings (SSSR count). The molecule has 0 unspecified atom stereocenters. The zero-order chi connectivity index (χ0) is 15.3. The molecule has 0 bridgehead atoms. The van der Waals surface area contributed by atoms with Gasteiger partial charge in [-0.15, -0.1) is 0 Å². The lowest BCUT2D eigenvalue weighted by molar-refractivity contribution is -0.170. The molecule has 1 heterocycles. The predicted molar refractivity (Wildman–Crippen MR) is 81.8 cm³/mol. The summed E-state index contributed by atoms with van der Waals surface area (Å²) in [7, 11) is 0. The molecule has 21 heavy (non-hydrogen) atoms. The third-order valence-electron chi connectivity index (χ3n) is 6.56. The van der Waals surface area contributed by atoms with Crippen LogP contribution >= 0.6 is 0 Å². The summed E-state index contributed by atoms with van der Waals surface area (Å²) in [5.74, 6) is 0.843. The van der Waals surface area contributed by atoms with Gasteiger partial charge in [-0.3, -0.25) is 4.79 Å². The fourth-order valence-corrected chi connectivity index (χ4v) is 5.53. The first-order valence-electron chi connectivity index (χ1n) is 8.36. The number of allylic oxidation sites excluding steroid dienone is 1. The molecule has 0 spiro atoms. The number of hydrogen-bond donors (Lipinski definition) is 0. The molecule has 3 heteroatoms. The smallest absolute Gasteiger partial charge is 0.315 e. The number of ether oxygens (including phenoxy) is 2. The Morgan fingerprint density at radius 1 is 1.29 bits per heavy atom. The molecular formula is C18H28O3. The molecule has 0 N–H and O–H groups in total. The van der Waals surface area contributed by atoms with Gasteiger partial charge in [0.15, 0.2) is 0 Å². The maximum absolute atomic E-state index is 12.6. The first-order chi connectivity index (χ1) is 9.87. The van der Waals surface area contributed by atoms with Crippen molar-refractivity contribution in [3.63, 3.8) is 0 Å². The maximum Gasteiger partial charge on any atom is 0.315 e. The minimum Gasteiger partial charge on any atom is -0.465 e. The lowest BCUT2D eigenvalue weighted by Gasteiger charge is -2.58. The van der Waals surface area contributed by atoms with Crippen LogP contribution in [-0.4, -0.2) is 24.8 Å². The van der Waals surface area contributed by atoms with Gasteiger partial charge < -0.3 is 9.47 Å². The SMILES string of the molecule is CCOC(=O)[C@@]1(C)C=CC[C@]2(C)[C@H]3CCO[C@]3(C)CC[C@H]21. The second-order valence-electron chi connectivity index (χ2n) is 7.71. The van der Waals surface area contributed by atoms with Crippen LogP contribution < -0.4 is 0 Å². The molecule has 1 aliphatic heterocycles. The summed E-state index contributed by atoms with van der Waals surface area (Å²) < 4.78 is 11.5. The van der Waals surface area contributed by atoms with Crippen LogP contribution in [0.15, 0.2) is 12.2 Å². The summed E-state index contributed by atoms with van der Waals surface area (Å²) in [4.78, 5) is 12.6. The maximum atomic E-state index is 12.6. The van der Waals surface area contributed by atoms with Crippen molar-refractivity contribution in [3.05, 3.63) is 12.2 Å². The number of esters is 1. The van der Waals surface area contributed by atoms with Crippen LogP contribution in [0.2, 0.25) is 0 Å². The van der Waals surface area contributed by atoms with Gasteiger partial charge >= 0.3 is 5.97 Å². The zero-order valence-corrected chi connectivity index (χ0v) is 13.8. The Balaban J connectivity index is 1.98. The average molecular weight is 292 g/mol. The Morgan fingerprint density at radius 3 is 2.76 bits per heavy atom. The van der Waals surface area contributed by atoms with Crippen molar-refractivity contribution in [2.24, 2.45) is 22.7 Å². The quantitative estimate of drug-likeness (QED) is 0.574. The summed E-state index contributed by atoms with van der Waals surface area (Å²) in [5, 5.41) is 0. The summed E-state index contributed by atoms with van der Waals surface area (Å²) in [6, 6.07) is 0. The molecule has 0 aromatic rings. The van der Waals surface area contributed by atoms with Gasteiger partial charge in [0.2, 0.25) is 0 Å². The molecule has 1 saturated carbocycles. The van der Waals surface area contributed by atoms with E-state index in [4.69, 9.17) is 9.47 Å². The van der Waals surface area contributed by atoms with Crippen LogP contribution in [0.4, 0.5) is 0 Å². The van der Waals surface area contributed by atoms with Gasteiger partial charge in [-0.2, -0.15) is 0 Å². The zero-order valence-electron chi connectivity index (χ0n) is 13.8. The highest BCUT2D eigenvalue weighted by Crippen LogP contribution is 2.63. The molecule has 118 valence electrons. The van der Waals surface area contributed by atoms with Gasteiger partial charge in [0.1, 0.15) is 0 Å². The standard InChI is InChI=1S/C18H28O3/c1-5-20-15(19)17(3)10-6-9-16(2)13(17)7-11-18(4)14(16)8-12-21-18/h6,10,13-14H,5,7-9,11-12H2,1-4H3/t13-,14-,16+,17+,18-/m1/s1. The van der Waals surface area contributed by atoms with Crippen LogP contribution in [0.3, 0.4) is 0 Å². The van der Waals surface area contributed by atoms with Crippen molar-refractivity contribution in [2.75, 3.05) is 13.2 Å². The minimum absolute atomic E-state index is 0.00595. The highest BCUT2D eigenvalue weighted by atomic mass is 16.5. The van der Waals surface area contributed by atoms with Crippen molar-refractivity contribution in [2.45, 2.75) is 59.0 Å². The van der Waals surface area contributed by atoms with Crippen molar-refractivity contribution < 1.29 is 14.3 Å². The number of hydrogen-bond acceptors (Lipinski definition) is 3. The second-order valence-corrected chi connectivity index (χ2v) is 7.71. The Kier molecular flexibility index (Phi) is 3.47. The number of carbonyl (C=O) groups is 1.